The number of nitrogens with zero attached hydrogens (tertiary/aromatic N) is 2. The lowest BCUT2D eigenvalue weighted by atomic mass is 9.70. The Hall–Kier alpha value is -1.59. The number of methoxy groups -OCH3 is 1. The summed E-state index contributed by atoms with van der Waals surface area (Å²) >= 11 is 0. The third-order valence-corrected chi connectivity index (χ3v) is 5.21. The predicted octanol–water partition coefficient (Wildman–Crippen LogP) is 3.28. The molecule has 5 nitrogen and oxygen atoms in total. The summed E-state index contributed by atoms with van der Waals surface area (Å²) in [7, 11) is 1.39. The highest BCUT2D eigenvalue weighted by Gasteiger charge is 2.57. The van der Waals surface area contributed by atoms with Crippen LogP contribution in [0.2, 0.25) is 0 Å². The summed E-state index contributed by atoms with van der Waals surface area (Å²) in [6.45, 7) is 10.4. The quantitative estimate of drug-likeness (QED) is 0.794. The van der Waals surface area contributed by atoms with Gasteiger partial charge in [0, 0.05) is 23.8 Å². The lowest BCUT2D eigenvalue weighted by Crippen LogP contribution is -2.69. The maximum atomic E-state index is 12.9. The summed E-state index contributed by atoms with van der Waals surface area (Å²) in [5.74, 6) is -0.844. The van der Waals surface area contributed by atoms with Crippen LogP contribution in [0.5, 0.6) is 0 Å². The molecule has 0 N–H and O–H groups in total. The predicted molar refractivity (Wildman–Crippen MR) is 94.1 cm³/mol. The minimum absolute atomic E-state index is 0.0972. The molecule has 0 amide bonds. The van der Waals surface area contributed by atoms with Crippen LogP contribution in [0.4, 0.5) is 5.69 Å². The van der Waals surface area contributed by atoms with Crippen molar-refractivity contribution in [1.29, 1.82) is 0 Å². The number of hydrogen-bond donors (Lipinski definition) is 0. The van der Waals surface area contributed by atoms with Crippen molar-refractivity contribution in [1.82, 2.24) is 5.06 Å². The number of para-hydroxylation sites is 1. The van der Waals surface area contributed by atoms with Crippen LogP contribution < -0.4 is 4.90 Å². The van der Waals surface area contributed by atoms with E-state index in [0.29, 0.717) is 6.42 Å². The van der Waals surface area contributed by atoms with Gasteiger partial charge in [-0.15, -0.1) is 10.3 Å². The van der Waals surface area contributed by atoms with Gasteiger partial charge in [-0.25, -0.2) is 0 Å². The lowest BCUT2D eigenvalue weighted by Gasteiger charge is -2.56. The smallest absolute Gasteiger partial charge is 0.312 e. The summed E-state index contributed by atoms with van der Waals surface area (Å²) in [6, 6.07) is 9.94. The molecule has 0 spiro atoms. The average molecular weight is 333 g/mol. The molecule has 0 aromatic heterocycles. The minimum atomic E-state index is -0.846. The van der Waals surface area contributed by atoms with Crippen molar-refractivity contribution in [2.45, 2.75) is 58.2 Å². The molecule has 1 radical (unpaired) electrons. The van der Waals surface area contributed by atoms with E-state index in [-0.39, 0.29) is 12.0 Å². The fourth-order valence-electron chi connectivity index (χ4n) is 4.18. The van der Waals surface area contributed by atoms with Crippen molar-refractivity contribution >= 4 is 11.7 Å². The van der Waals surface area contributed by atoms with Gasteiger partial charge in [-0.2, -0.15) is 0 Å². The van der Waals surface area contributed by atoms with Gasteiger partial charge >= 0.3 is 5.97 Å². The van der Waals surface area contributed by atoms with Crippen molar-refractivity contribution in [2.24, 2.45) is 5.92 Å². The Kier molecular flexibility index (Phi) is 5.25. The molecule has 133 valence electrons. The summed E-state index contributed by atoms with van der Waals surface area (Å²) in [5.41, 5.74) is -0.340. The number of hydrogen-bond acceptors (Lipinski definition) is 4. The first-order chi connectivity index (χ1) is 11.2. The van der Waals surface area contributed by atoms with Gasteiger partial charge in [0.25, 0.3) is 0 Å². The van der Waals surface area contributed by atoms with E-state index in [4.69, 9.17) is 4.74 Å². The van der Waals surface area contributed by atoms with Gasteiger partial charge in [0.15, 0.2) is 0 Å². The van der Waals surface area contributed by atoms with E-state index in [1.165, 1.54) is 7.11 Å². The number of piperidine rings is 1. The van der Waals surface area contributed by atoms with E-state index in [0.717, 1.165) is 17.3 Å². The fourth-order valence-corrected chi connectivity index (χ4v) is 4.18. The Labute approximate surface area is 145 Å². The summed E-state index contributed by atoms with van der Waals surface area (Å²) < 4.78 is 5.07. The van der Waals surface area contributed by atoms with Gasteiger partial charge in [0.05, 0.1) is 18.6 Å². The largest absolute Gasteiger partial charge is 0.469 e. The van der Waals surface area contributed by atoms with Crippen LogP contribution in [0.25, 0.3) is 0 Å². The molecule has 1 saturated heterocycles. The Morgan fingerprint density at radius 3 is 2.33 bits per heavy atom. The standard InChI is InChI=1S/C19H29N2O3/c1-7-20(14-11-9-8-10-12-14)15-13-18(2,3)21(23)19(4,5)16(15)17(22)24-6/h8-12,15-16H,7,13H2,1-6H3/t15-,16+/m1/s1. The number of anilines is 1. The molecule has 24 heavy (non-hydrogen) atoms. The van der Waals surface area contributed by atoms with E-state index < -0.39 is 17.0 Å². The topological polar surface area (TPSA) is 52.7 Å². The molecular formula is C19H29N2O3. The molecular weight excluding hydrogens is 304 g/mol. The van der Waals surface area contributed by atoms with Crippen LogP contribution in [0.15, 0.2) is 30.3 Å². The van der Waals surface area contributed by atoms with Crippen LogP contribution in [-0.2, 0) is 14.7 Å². The maximum Gasteiger partial charge on any atom is 0.312 e. The van der Waals surface area contributed by atoms with Gasteiger partial charge < -0.3 is 9.64 Å². The number of hydroxylamine groups is 2. The van der Waals surface area contributed by atoms with Crippen LogP contribution >= 0.6 is 0 Å². The molecule has 2 rings (SSSR count). The van der Waals surface area contributed by atoms with Crippen molar-refractivity contribution in [2.75, 3.05) is 18.6 Å². The normalized spacial score (nSPS) is 26.0. The fraction of sp³-hybridized carbons (Fsp3) is 0.632. The molecule has 0 saturated carbocycles. The van der Waals surface area contributed by atoms with Crippen LogP contribution in [0.1, 0.15) is 41.0 Å². The zero-order valence-electron chi connectivity index (χ0n) is 15.6. The third kappa shape index (κ3) is 3.15. The first-order valence-electron chi connectivity index (χ1n) is 8.53. The zero-order chi connectivity index (χ0) is 18.1. The molecule has 2 atom stereocenters. The molecule has 1 heterocycles. The van der Waals surface area contributed by atoms with Crippen molar-refractivity contribution in [3.8, 4) is 0 Å². The van der Waals surface area contributed by atoms with Gasteiger partial charge in [0.1, 0.15) is 0 Å². The Morgan fingerprint density at radius 1 is 1.25 bits per heavy atom. The highest BCUT2D eigenvalue weighted by atomic mass is 16.5. The lowest BCUT2D eigenvalue weighted by molar-refractivity contribution is -0.302. The first kappa shape index (κ1) is 18.7. The summed E-state index contributed by atoms with van der Waals surface area (Å²) in [5, 5.41) is 14.0. The van der Waals surface area contributed by atoms with E-state index in [2.05, 4.69) is 11.8 Å². The number of carbonyl (C=O) groups is 1. The third-order valence-electron chi connectivity index (χ3n) is 5.21. The minimum Gasteiger partial charge on any atom is -0.469 e. The van der Waals surface area contributed by atoms with Gasteiger partial charge in [0.2, 0.25) is 0 Å². The molecule has 1 aromatic carbocycles. The van der Waals surface area contributed by atoms with Gasteiger partial charge in [-0.3, -0.25) is 4.79 Å². The second-order valence-corrected chi connectivity index (χ2v) is 7.65. The van der Waals surface area contributed by atoms with Crippen molar-refractivity contribution in [3.05, 3.63) is 30.3 Å². The van der Waals surface area contributed by atoms with E-state index in [9.17, 15) is 10.0 Å². The second kappa shape index (κ2) is 6.73. The molecule has 1 fully saturated rings. The van der Waals surface area contributed by atoms with Crippen molar-refractivity contribution in [3.63, 3.8) is 0 Å². The molecule has 0 bridgehead atoms. The molecule has 0 unspecified atom stereocenters. The molecule has 1 aliphatic rings. The average Bonchev–Trinajstić information content (AvgIpc) is 2.54. The summed E-state index contributed by atoms with van der Waals surface area (Å²) in [4.78, 5) is 14.8. The van der Waals surface area contributed by atoms with Crippen LogP contribution in [0.3, 0.4) is 0 Å². The Morgan fingerprint density at radius 2 is 1.83 bits per heavy atom. The van der Waals surface area contributed by atoms with Crippen molar-refractivity contribution < 1.29 is 14.7 Å². The Bertz CT molecular complexity index is 571. The van der Waals surface area contributed by atoms with Crippen LogP contribution in [-0.4, -0.2) is 41.8 Å². The number of ether oxygens (including phenoxy) is 1. The molecule has 0 aliphatic carbocycles. The number of esters is 1. The summed E-state index contributed by atoms with van der Waals surface area (Å²) in [6.07, 6.45) is 0.600. The van der Waals surface area contributed by atoms with E-state index in [1.54, 1.807) is 0 Å². The van der Waals surface area contributed by atoms with Gasteiger partial charge in [-0.05, 0) is 53.2 Å². The molecule has 1 aromatic rings. The SMILES string of the molecule is CCN(c1ccccc1)[C@@H]1CC(C)(C)N([O])C(C)(C)[C@@H]1C(=O)OC. The highest BCUT2D eigenvalue weighted by molar-refractivity contribution is 5.76. The van der Waals surface area contributed by atoms with Crippen LogP contribution in [0, 0.1) is 5.92 Å². The monoisotopic (exact) mass is 333 g/mol. The molecule has 1 aliphatic heterocycles. The van der Waals surface area contributed by atoms with E-state index >= 15 is 0 Å². The van der Waals surface area contributed by atoms with E-state index in [1.807, 2.05) is 58.0 Å². The number of benzene rings is 1. The number of rotatable bonds is 4. The van der Waals surface area contributed by atoms with Gasteiger partial charge in [-0.1, -0.05) is 18.2 Å². The Balaban J connectivity index is 2.52. The highest BCUT2D eigenvalue weighted by Crippen LogP contribution is 2.44. The second-order valence-electron chi connectivity index (χ2n) is 7.65. The first-order valence-corrected chi connectivity index (χ1v) is 8.53. The molecule has 5 heteroatoms. The zero-order valence-corrected chi connectivity index (χ0v) is 15.6. The maximum absolute atomic E-state index is 12.9. The number of carbonyl (C=O) groups excluding carboxylic acids is 1.